The molecule has 0 aliphatic rings. The number of para-hydroxylation sites is 1. The van der Waals surface area contributed by atoms with Crippen molar-refractivity contribution in [1.82, 2.24) is 14.3 Å². The number of aromatic nitrogens is 2. The van der Waals surface area contributed by atoms with Crippen molar-refractivity contribution >= 4 is 21.1 Å². The van der Waals surface area contributed by atoms with E-state index in [1.54, 1.807) is 18.2 Å². The highest BCUT2D eigenvalue weighted by molar-refractivity contribution is 7.89. The number of benzene rings is 2. The average molecular weight is 402 g/mol. The van der Waals surface area contributed by atoms with E-state index in [0.717, 1.165) is 22.5 Å². The molecule has 148 valence electrons. The maximum atomic E-state index is 14.1. The Morgan fingerprint density at radius 1 is 1.29 bits per heavy atom. The number of allylic oxidation sites excluding steroid dienone is 1. The highest BCUT2D eigenvalue weighted by Gasteiger charge is 2.17. The molecule has 3 rings (SSSR count). The molecule has 0 bridgehead atoms. The lowest BCUT2D eigenvalue weighted by Crippen LogP contribution is -2.18. The van der Waals surface area contributed by atoms with Gasteiger partial charge in [-0.25, -0.2) is 22.5 Å². The largest absolute Gasteiger partial charge is 0.327 e. The van der Waals surface area contributed by atoms with E-state index in [9.17, 15) is 12.8 Å². The van der Waals surface area contributed by atoms with E-state index >= 15 is 0 Å². The number of fused-ring (bicyclic) bond motifs is 1. The number of imidazole rings is 1. The number of rotatable bonds is 7. The summed E-state index contributed by atoms with van der Waals surface area (Å²) in [5.41, 5.74) is 8.43. The maximum Gasteiger partial charge on any atom is 0.240 e. The van der Waals surface area contributed by atoms with Crippen LogP contribution in [0.15, 0.2) is 59.3 Å². The highest BCUT2D eigenvalue weighted by atomic mass is 32.2. The minimum absolute atomic E-state index is 0.0640. The van der Waals surface area contributed by atoms with Gasteiger partial charge in [-0.2, -0.15) is 0 Å². The first kappa shape index (κ1) is 20.2. The van der Waals surface area contributed by atoms with E-state index in [0.29, 0.717) is 11.9 Å². The number of sulfonamides is 1. The SMILES string of the molecule is CCc1nc2c(-c3cccc(S(=O)(=O)NC)c3)cccc2n1C/C(F)=C/CN. The van der Waals surface area contributed by atoms with Crippen molar-refractivity contribution in [3.63, 3.8) is 0 Å². The standard InChI is InChI=1S/C20H23FN4O2S/c1-3-19-24-20-17(14-6-4-7-16(12-14)28(26,27)23-2)8-5-9-18(20)25(19)13-15(21)10-11-22/h4-10,12,23H,3,11,13,22H2,1-2H3/b15-10-. The van der Waals surface area contributed by atoms with Gasteiger partial charge in [0.15, 0.2) is 0 Å². The van der Waals surface area contributed by atoms with Crippen LogP contribution in [0.4, 0.5) is 4.39 Å². The van der Waals surface area contributed by atoms with Crippen LogP contribution in [0, 0.1) is 0 Å². The Balaban J connectivity index is 2.18. The van der Waals surface area contributed by atoms with Crippen LogP contribution >= 0.6 is 0 Å². The van der Waals surface area contributed by atoms with Crippen LogP contribution in [0.3, 0.4) is 0 Å². The Labute approximate surface area is 163 Å². The van der Waals surface area contributed by atoms with Crippen LogP contribution in [0.5, 0.6) is 0 Å². The number of nitrogens with one attached hydrogen (secondary N) is 1. The van der Waals surface area contributed by atoms with Crippen LogP contribution in [-0.4, -0.2) is 31.6 Å². The number of hydrogen-bond donors (Lipinski definition) is 2. The van der Waals surface area contributed by atoms with Crippen molar-refractivity contribution in [3.8, 4) is 11.1 Å². The summed E-state index contributed by atoms with van der Waals surface area (Å²) in [6, 6.07) is 12.3. The van der Waals surface area contributed by atoms with Gasteiger partial charge in [0.05, 0.1) is 22.5 Å². The van der Waals surface area contributed by atoms with Gasteiger partial charge in [-0.05, 0) is 36.9 Å². The van der Waals surface area contributed by atoms with E-state index in [1.807, 2.05) is 35.8 Å². The van der Waals surface area contributed by atoms with Crippen molar-refractivity contribution in [2.24, 2.45) is 5.73 Å². The number of hydrogen-bond acceptors (Lipinski definition) is 4. The molecule has 0 saturated carbocycles. The van der Waals surface area contributed by atoms with Crippen molar-refractivity contribution < 1.29 is 12.8 Å². The number of nitrogens with two attached hydrogens (primary N) is 1. The van der Waals surface area contributed by atoms with Gasteiger partial charge < -0.3 is 10.3 Å². The first-order valence-electron chi connectivity index (χ1n) is 8.98. The molecular weight excluding hydrogens is 379 g/mol. The predicted octanol–water partition coefficient (Wildman–Crippen LogP) is 2.99. The highest BCUT2D eigenvalue weighted by Crippen LogP contribution is 2.31. The van der Waals surface area contributed by atoms with Gasteiger partial charge in [0.2, 0.25) is 10.0 Å². The van der Waals surface area contributed by atoms with Gasteiger partial charge in [-0.15, -0.1) is 0 Å². The quantitative estimate of drug-likeness (QED) is 0.636. The van der Waals surface area contributed by atoms with E-state index in [-0.39, 0.29) is 23.8 Å². The molecular formula is C20H23FN4O2S. The normalized spacial score (nSPS) is 12.6. The fraction of sp³-hybridized carbons (Fsp3) is 0.250. The molecule has 6 nitrogen and oxygen atoms in total. The van der Waals surface area contributed by atoms with E-state index < -0.39 is 10.0 Å². The summed E-state index contributed by atoms with van der Waals surface area (Å²) < 4.78 is 42.6. The van der Waals surface area contributed by atoms with E-state index in [1.165, 1.54) is 13.1 Å². The number of nitrogens with zero attached hydrogens (tertiary/aromatic N) is 2. The molecule has 3 aromatic rings. The molecule has 2 aromatic carbocycles. The smallest absolute Gasteiger partial charge is 0.240 e. The summed E-state index contributed by atoms with van der Waals surface area (Å²) in [6.07, 6.45) is 1.99. The fourth-order valence-corrected chi connectivity index (χ4v) is 3.94. The Morgan fingerprint density at radius 3 is 2.71 bits per heavy atom. The van der Waals surface area contributed by atoms with Gasteiger partial charge in [0.1, 0.15) is 11.7 Å². The van der Waals surface area contributed by atoms with Crippen LogP contribution in [0.2, 0.25) is 0 Å². The molecule has 0 aliphatic carbocycles. The van der Waals surface area contributed by atoms with Crippen LogP contribution in [-0.2, 0) is 23.0 Å². The summed E-state index contributed by atoms with van der Waals surface area (Å²) in [7, 11) is -2.18. The lowest BCUT2D eigenvalue weighted by molar-refractivity contribution is 0.549. The summed E-state index contributed by atoms with van der Waals surface area (Å²) in [5.74, 6) is 0.436. The first-order chi connectivity index (χ1) is 13.4. The maximum absolute atomic E-state index is 14.1. The Kier molecular flexibility index (Phi) is 5.93. The van der Waals surface area contributed by atoms with Crippen LogP contribution < -0.4 is 10.5 Å². The van der Waals surface area contributed by atoms with Crippen molar-refractivity contribution in [2.75, 3.05) is 13.6 Å². The lowest BCUT2D eigenvalue weighted by atomic mass is 10.0. The van der Waals surface area contributed by atoms with Crippen LogP contribution in [0.1, 0.15) is 12.7 Å². The zero-order valence-corrected chi connectivity index (χ0v) is 16.6. The zero-order chi connectivity index (χ0) is 20.3. The molecule has 0 radical (unpaired) electrons. The zero-order valence-electron chi connectivity index (χ0n) is 15.8. The summed E-state index contributed by atoms with van der Waals surface area (Å²) >= 11 is 0. The van der Waals surface area contributed by atoms with Gasteiger partial charge in [-0.1, -0.05) is 31.2 Å². The molecule has 0 unspecified atom stereocenters. The van der Waals surface area contributed by atoms with Gasteiger partial charge in [0, 0.05) is 18.5 Å². The van der Waals surface area contributed by atoms with Crippen LogP contribution in [0.25, 0.3) is 22.2 Å². The van der Waals surface area contributed by atoms with Gasteiger partial charge in [-0.3, -0.25) is 0 Å². The van der Waals surface area contributed by atoms with E-state index in [2.05, 4.69) is 4.72 Å². The third kappa shape index (κ3) is 3.84. The third-order valence-electron chi connectivity index (χ3n) is 4.55. The Morgan fingerprint density at radius 2 is 2.04 bits per heavy atom. The average Bonchev–Trinajstić information content (AvgIpc) is 3.06. The fourth-order valence-electron chi connectivity index (χ4n) is 3.17. The van der Waals surface area contributed by atoms with Gasteiger partial charge in [0.25, 0.3) is 0 Å². The third-order valence-corrected chi connectivity index (χ3v) is 5.96. The molecule has 0 saturated heterocycles. The summed E-state index contributed by atoms with van der Waals surface area (Å²) in [6.45, 7) is 2.16. The second-order valence-electron chi connectivity index (χ2n) is 6.26. The van der Waals surface area contributed by atoms with Crippen molar-refractivity contribution in [1.29, 1.82) is 0 Å². The van der Waals surface area contributed by atoms with E-state index in [4.69, 9.17) is 10.7 Å². The topological polar surface area (TPSA) is 90.0 Å². The number of halogens is 1. The van der Waals surface area contributed by atoms with Crippen molar-refractivity contribution in [3.05, 3.63) is 60.2 Å². The second kappa shape index (κ2) is 8.22. The molecule has 1 aromatic heterocycles. The molecule has 28 heavy (non-hydrogen) atoms. The lowest BCUT2D eigenvalue weighted by Gasteiger charge is -2.08. The molecule has 1 heterocycles. The van der Waals surface area contributed by atoms with Crippen molar-refractivity contribution in [2.45, 2.75) is 24.8 Å². The Hall–Kier alpha value is -2.55. The summed E-state index contributed by atoms with van der Waals surface area (Å²) in [5, 5.41) is 0. The molecule has 0 aliphatic heterocycles. The number of aryl methyl sites for hydroxylation is 1. The second-order valence-corrected chi connectivity index (χ2v) is 8.15. The first-order valence-corrected chi connectivity index (χ1v) is 10.5. The predicted molar refractivity (Wildman–Crippen MR) is 109 cm³/mol. The molecule has 3 N–H and O–H groups in total. The molecule has 0 atom stereocenters. The molecule has 0 fully saturated rings. The molecule has 0 amide bonds. The minimum Gasteiger partial charge on any atom is -0.327 e. The van der Waals surface area contributed by atoms with Gasteiger partial charge >= 0.3 is 0 Å². The molecule has 8 heteroatoms. The monoisotopic (exact) mass is 402 g/mol. The Bertz CT molecular complexity index is 1140. The minimum atomic E-state index is -3.56. The molecule has 0 spiro atoms. The summed E-state index contributed by atoms with van der Waals surface area (Å²) in [4.78, 5) is 4.88.